The van der Waals surface area contributed by atoms with Crippen molar-refractivity contribution in [3.63, 3.8) is 0 Å². The Hall–Kier alpha value is -1.55. The van der Waals surface area contributed by atoms with Crippen molar-refractivity contribution < 1.29 is 14.3 Å². The van der Waals surface area contributed by atoms with Crippen LogP contribution in [-0.4, -0.2) is 26.2 Å². The highest BCUT2D eigenvalue weighted by molar-refractivity contribution is 5.94. The predicted molar refractivity (Wildman–Crippen MR) is 86.3 cm³/mol. The molecule has 1 spiro atoms. The number of anilines is 1. The van der Waals surface area contributed by atoms with Crippen LogP contribution in [0.1, 0.15) is 36.8 Å². The first-order chi connectivity index (χ1) is 10.5. The Bertz CT molecular complexity index is 588. The van der Waals surface area contributed by atoms with Crippen LogP contribution >= 0.6 is 0 Å². The van der Waals surface area contributed by atoms with Gasteiger partial charge in [0.1, 0.15) is 5.75 Å². The lowest BCUT2D eigenvalue weighted by molar-refractivity contribution is -0.167. The van der Waals surface area contributed by atoms with Crippen LogP contribution in [-0.2, 0) is 9.53 Å². The molecular formula is C18H25NO3. The lowest BCUT2D eigenvalue weighted by Gasteiger charge is -2.58. The van der Waals surface area contributed by atoms with Crippen molar-refractivity contribution >= 4 is 11.6 Å². The normalized spacial score (nSPS) is 29.6. The van der Waals surface area contributed by atoms with Gasteiger partial charge in [0, 0.05) is 18.7 Å². The molecule has 1 aromatic carbocycles. The molecule has 0 heterocycles. The van der Waals surface area contributed by atoms with Crippen LogP contribution in [0, 0.1) is 25.2 Å². The Balaban J connectivity index is 1.63. The zero-order chi connectivity index (χ0) is 15.9. The molecule has 2 saturated carbocycles. The molecule has 1 N–H and O–H groups in total. The number of ether oxygens (including phenoxy) is 2. The van der Waals surface area contributed by atoms with E-state index in [-0.39, 0.29) is 11.8 Å². The van der Waals surface area contributed by atoms with Gasteiger partial charge < -0.3 is 14.8 Å². The van der Waals surface area contributed by atoms with Crippen LogP contribution in [0.5, 0.6) is 5.75 Å². The second kappa shape index (κ2) is 5.58. The summed E-state index contributed by atoms with van der Waals surface area (Å²) in [5.74, 6) is 1.12. The number of benzene rings is 1. The van der Waals surface area contributed by atoms with Gasteiger partial charge in [-0.1, -0.05) is 0 Å². The first kappa shape index (κ1) is 15.3. The fourth-order valence-electron chi connectivity index (χ4n) is 3.99. The summed E-state index contributed by atoms with van der Waals surface area (Å²) in [6.07, 6.45) is 4.63. The van der Waals surface area contributed by atoms with Gasteiger partial charge in [-0.25, -0.2) is 0 Å². The zero-order valence-corrected chi connectivity index (χ0v) is 13.9. The maximum Gasteiger partial charge on any atom is 0.227 e. The van der Waals surface area contributed by atoms with Crippen LogP contribution < -0.4 is 10.1 Å². The number of nitrogens with one attached hydrogen (secondary N) is 1. The monoisotopic (exact) mass is 303 g/mol. The molecule has 0 aromatic heterocycles. The molecule has 0 bridgehead atoms. The molecule has 0 radical (unpaired) electrons. The van der Waals surface area contributed by atoms with Gasteiger partial charge in [0.25, 0.3) is 0 Å². The van der Waals surface area contributed by atoms with Gasteiger partial charge >= 0.3 is 0 Å². The van der Waals surface area contributed by atoms with Gasteiger partial charge in [0.15, 0.2) is 0 Å². The molecule has 4 heteroatoms. The summed E-state index contributed by atoms with van der Waals surface area (Å²) >= 11 is 0. The SMILES string of the molecule is COc1cc(C)c(NC(=O)C2CC3(CCC3OC)C2)cc1C. The summed E-state index contributed by atoms with van der Waals surface area (Å²) in [7, 11) is 3.45. The molecule has 1 atom stereocenters. The molecule has 2 fully saturated rings. The summed E-state index contributed by atoms with van der Waals surface area (Å²) in [5.41, 5.74) is 3.25. The van der Waals surface area contributed by atoms with E-state index >= 15 is 0 Å². The average molecular weight is 303 g/mol. The maximum atomic E-state index is 12.5. The Morgan fingerprint density at radius 3 is 2.50 bits per heavy atom. The van der Waals surface area contributed by atoms with E-state index in [1.54, 1.807) is 14.2 Å². The molecule has 0 aliphatic heterocycles. The highest BCUT2D eigenvalue weighted by Gasteiger charge is 2.57. The number of hydrogen-bond donors (Lipinski definition) is 1. The minimum atomic E-state index is 0.125. The standard InChI is InChI=1S/C18H25NO3/c1-11-8-15(21-3)12(2)7-14(11)19-17(20)13-9-18(10-13)6-5-16(18)22-4/h7-8,13,16H,5-6,9-10H2,1-4H3,(H,19,20). The fourth-order valence-corrected chi connectivity index (χ4v) is 3.99. The maximum absolute atomic E-state index is 12.5. The lowest BCUT2D eigenvalue weighted by atomic mass is 9.50. The van der Waals surface area contributed by atoms with Gasteiger partial charge in [-0.05, 0) is 68.2 Å². The van der Waals surface area contributed by atoms with Crippen molar-refractivity contribution in [2.24, 2.45) is 11.3 Å². The minimum absolute atomic E-state index is 0.125. The van der Waals surface area contributed by atoms with Gasteiger partial charge in [-0.15, -0.1) is 0 Å². The molecule has 22 heavy (non-hydrogen) atoms. The Labute approximate surface area is 132 Å². The zero-order valence-electron chi connectivity index (χ0n) is 13.9. The summed E-state index contributed by atoms with van der Waals surface area (Å²) in [4.78, 5) is 12.5. The minimum Gasteiger partial charge on any atom is -0.496 e. The molecule has 0 saturated heterocycles. The van der Waals surface area contributed by atoms with Crippen molar-refractivity contribution in [2.45, 2.75) is 45.6 Å². The second-order valence-electron chi connectivity index (χ2n) is 6.86. The van der Waals surface area contributed by atoms with Crippen molar-refractivity contribution in [3.8, 4) is 5.75 Å². The van der Waals surface area contributed by atoms with E-state index in [0.717, 1.165) is 41.8 Å². The van der Waals surface area contributed by atoms with Crippen LogP contribution in [0.25, 0.3) is 0 Å². The summed E-state index contributed by atoms with van der Waals surface area (Å²) in [5, 5.41) is 3.09. The number of hydrogen-bond acceptors (Lipinski definition) is 3. The molecule has 1 unspecified atom stereocenters. The number of methoxy groups -OCH3 is 2. The molecule has 2 aliphatic carbocycles. The highest BCUT2D eigenvalue weighted by atomic mass is 16.5. The third-order valence-corrected chi connectivity index (χ3v) is 5.55. The summed E-state index contributed by atoms with van der Waals surface area (Å²) in [6, 6.07) is 3.96. The molecular weight excluding hydrogens is 278 g/mol. The molecule has 3 rings (SSSR count). The smallest absolute Gasteiger partial charge is 0.227 e. The quantitative estimate of drug-likeness (QED) is 0.926. The number of rotatable bonds is 4. The van der Waals surface area contributed by atoms with E-state index in [1.807, 2.05) is 26.0 Å². The topological polar surface area (TPSA) is 47.6 Å². The molecule has 2 aliphatic rings. The number of amides is 1. The van der Waals surface area contributed by atoms with Crippen molar-refractivity contribution in [2.75, 3.05) is 19.5 Å². The summed E-state index contributed by atoms with van der Waals surface area (Å²) < 4.78 is 10.8. The van der Waals surface area contributed by atoms with Crippen LogP contribution in [0.3, 0.4) is 0 Å². The molecule has 120 valence electrons. The molecule has 4 nitrogen and oxygen atoms in total. The number of aryl methyl sites for hydroxylation is 2. The van der Waals surface area contributed by atoms with E-state index in [2.05, 4.69) is 5.32 Å². The Morgan fingerprint density at radius 2 is 1.95 bits per heavy atom. The number of carbonyl (C=O) groups excluding carboxylic acids is 1. The van der Waals surface area contributed by atoms with E-state index in [1.165, 1.54) is 6.42 Å². The average Bonchev–Trinajstić information content (AvgIpc) is 2.40. The van der Waals surface area contributed by atoms with Crippen LogP contribution in [0.15, 0.2) is 12.1 Å². The van der Waals surface area contributed by atoms with Gasteiger partial charge in [0.2, 0.25) is 5.91 Å². The fraction of sp³-hybridized carbons (Fsp3) is 0.611. The van der Waals surface area contributed by atoms with E-state index in [4.69, 9.17) is 9.47 Å². The van der Waals surface area contributed by atoms with Crippen molar-refractivity contribution in [1.82, 2.24) is 0 Å². The lowest BCUT2D eigenvalue weighted by Crippen LogP contribution is -2.56. The predicted octanol–water partition coefficient (Wildman–Crippen LogP) is 3.46. The third kappa shape index (κ3) is 2.39. The van der Waals surface area contributed by atoms with Gasteiger partial charge in [-0.2, -0.15) is 0 Å². The van der Waals surface area contributed by atoms with Gasteiger partial charge in [-0.3, -0.25) is 4.79 Å². The van der Waals surface area contributed by atoms with Gasteiger partial charge in [0.05, 0.1) is 13.2 Å². The second-order valence-corrected chi connectivity index (χ2v) is 6.86. The first-order valence-corrected chi connectivity index (χ1v) is 7.98. The summed E-state index contributed by atoms with van der Waals surface area (Å²) in [6.45, 7) is 3.98. The molecule has 1 aromatic rings. The number of carbonyl (C=O) groups is 1. The van der Waals surface area contributed by atoms with E-state index in [9.17, 15) is 4.79 Å². The Morgan fingerprint density at radius 1 is 1.23 bits per heavy atom. The van der Waals surface area contributed by atoms with Crippen LogP contribution in [0.2, 0.25) is 0 Å². The van der Waals surface area contributed by atoms with Crippen LogP contribution in [0.4, 0.5) is 5.69 Å². The van der Waals surface area contributed by atoms with E-state index in [0.29, 0.717) is 11.5 Å². The first-order valence-electron chi connectivity index (χ1n) is 7.98. The van der Waals surface area contributed by atoms with E-state index < -0.39 is 0 Å². The van der Waals surface area contributed by atoms with Crippen molar-refractivity contribution in [1.29, 1.82) is 0 Å². The Kier molecular flexibility index (Phi) is 3.89. The largest absolute Gasteiger partial charge is 0.496 e. The van der Waals surface area contributed by atoms with Crippen molar-refractivity contribution in [3.05, 3.63) is 23.3 Å². The highest BCUT2D eigenvalue weighted by Crippen LogP contribution is 2.59. The third-order valence-electron chi connectivity index (χ3n) is 5.55. The molecule has 1 amide bonds.